The number of urea groups is 1. The quantitative estimate of drug-likeness (QED) is 0.622. The highest BCUT2D eigenvalue weighted by molar-refractivity contribution is 5.83. The molecule has 5 nitrogen and oxygen atoms in total. The van der Waals surface area contributed by atoms with E-state index >= 15 is 0 Å². The molecule has 2 N–H and O–H groups in total. The largest absolute Gasteiger partial charge is 0.464 e. The molecule has 0 bridgehead atoms. The number of esters is 1. The van der Waals surface area contributed by atoms with E-state index in [1.165, 1.54) is 0 Å². The minimum Gasteiger partial charge on any atom is -0.464 e. The number of carbonyl (C=O) groups excluding carboxylic acids is 2. The Balaban J connectivity index is 3.78. The molecular formula is C8H16N2O3. The predicted molar refractivity (Wildman–Crippen MR) is 48.3 cm³/mol. The number of hydrogen-bond acceptors (Lipinski definition) is 3. The van der Waals surface area contributed by atoms with E-state index in [0.29, 0.717) is 13.2 Å². The Hall–Kier alpha value is -1.26. The van der Waals surface area contributed by atoms with Crippen molar-refractivity contribution in [2.45, 2.75) is 26.8 Å². The van der Waals surface area contributed by atoms with Gasteiger partial charge in [0.2, 0.25) is 0 Å². The summed E-state index contributed by atoms with van der Waals surface area (Å²) < 4.78 is 4.70. The number of nitrogens with one attached hydrogen (secondary N) is 2. The molecule has 0 saturated heterocycles. The smallest absolute Gasteiger partial charge is 0.328 e. The molecule has 0 fully saturated rings. The lowest BCUT2D eigenvalue weighted by atomic mass is 10.3. The Kier molecular flexibility index (Phi) is 5.67. The van der Waals surface area contributed by atoms with Gasteiger partial charge in [0.1, 0.15) is 6.04 Å². The molecule has 1 atom stereocenters. The van der Waals surface area contributed by atoms with E-state index in [1.807, 2.05) is 0 Å². The summed E-state index contributed by atoms with van der Waals surface area (Å²) in [7, 11) is 0. The number of hydrogen-bond donors (Lipinski definition) is 2. The molecule has 0 aliphatic carbocycles. The van der Waals surface area contributed by atoms with E-state index in [9.17, 15) is 9.59 Å². The standard InChI is InChI=1S/C8H16N2O3/c1-4-9-8(12)10-6(3)7(11)13-5-2/h6H,4-5H2,1-3H3,(H2,9,10,12). The molecule has 13 heavy (non-hydrogen) atoms. The van der Waals surface area contributed by atoms with E-state index in [0.717, 1.165) is 0 Å². The molecule has 2 amide bonds. The first-order valence-corrected chi connectivity index (χ1v) is 4.32. The van der Waals surface area contributed by atoms with Gasteiger partial charge < -0.3 is 15.4 Å². The fraction of sp³-hybridized carbons (Fsp3) is 0.750. The third-order valence-corrected chi connectivity index (χ3v) is 1.33. The van der Waals surface area contributed by atoms with Gasteiger partial charge in [0, 0.05) is 6.54 Å². The van der Waals surface area contributed by atoms with Gasteiger partial charge in [0.05, 0.1) is 6.61 Å². The van der Waals surface area contributed by atoms with Crippen molar-refractivity contribution in [3.05, 3.63) is 0 Å². The van der Waals surface area contributed by atoms with Crippen molar-refractivity contribution < 1.29 is 14.3 Å². The van der Waals surface area contributed by atoms with Gasteiger partial charge in [-0.2, -0.15) is 0 Å². The first-order valence-electron chi connectivity index (χ1n) is 4.32. The summed E-state index contributed by atoms with van der Waals surface area (Å²) in [6.45, 7) is 5.94. The van der Waals surface area contributed by atoms with Gasteiger partial charge in [0.15, 0.2) is 0 Å². The molecule has 5 heteroatoms. The van der Waals surface area contributed by atoms with Crippen LogP contribution in [0.5, 0.6) is 0 Å². The molecule has 1 unspecified atom stereocenters. The Labute approximate surface area is 77.8 Å². The van der Waals surface area contributed by atoms with Crippen LogP contribution in [-0.4, -0.2) is 31.2 Å². The second-order valence-electron chi connectivity index (χ2n) is 2.48. The Bertz CT molecular complexity index is 182. The van der Waals surface area contributed by atoms with Crippen LogP contribution in [0.3, 0.4) is 0 Å². The SMILES string of the molecule is CCNC(=O)NC(C)C(=O)OCC. The lowest BCUT2D eigenvalue weighted by Crippen LogP contribution is -2.44. The molecule has 0 heterocycles. The average molecular weight is 188 g/mol. The van der Waals surface area contributed by atoms with Gasteiger partial charge in [0.25, 0.3) is 0 Å². The second-order valence-corrected chi connectivity index (χ2v) is 2.48. The van der Waals surface area contributed by atoms with Crippen LogP contribution in [0.15, 0.2) is 0 Å². The van der Waals surface area contributed by atoms with Crippen molar-refractivity contribution in [1.82, 2.24) is 10.6 Å². The summed E-state index contributed by atoms with van der Waals surface area (Å²) in [5.41, 5.74) is 0. The first kappa shape index (κ1) is 11.7. The lowest BCUT2D eigenvalue weighted by molar-refractivity contribution is -0.144. The number of ether oxygens (including phenoxy) is 1. The molecule has 0 aromatic carbocycles. The van der Waals surface area contributed by atoms with Gasteiger partial charge in [-0.15, -0.1) is 0 Å². The molecule has 0 saturated carbocycles. The minimum absolute atomic E-state index is 0.320. The predicted octanol–water partition coefficient (Wildman–Crippen LogP) is 0.257. The van der Waals surface area contributed by atoms with Gasteiger partial charge in [-0.3, -0.25) is 0 Å². The molecular weight excluding hydrogens is 172 g/mol. The van der Waals surface area contributed by atoms with Crippen LogP contribution >= 0.6 is 0 Å². The highest BCUT2D eigenvalue weighted by Crippen LogP contribution is 1.87. The maximum atomic E-state index is 11.0. The lowest BCUT2D eigenvalue weighted by Gasteiger charge is -2.12. The summed E-state index contributed by atoms with van der Waals surface area (Å²) >= 11 is 0. The van der Waals surface area contributed by atoms with Crippen LogP contribution in [0.25, 0.3) is 0 Å². The minimum atomic E-state index is -0.605. The fourth-order valence-electron chi connectivity index (χ4n) is 0.734. The van der Waals surface area contributed by atoms with Crippen molar-refractivity contribution >= 4 is 12.0 Å². The normalized spacial score (nSPS) is 11.6. The zero-order valence-electron chi connectivity index (χ0n) is 8.22. The third kappa shape index (κ3) is 5.05. The first-order chi connectivity index (χ1) is 6.11. The van der Waals surface area contributed by atoms with Gasteiger partial charge in [-0.25, -0.2) is 9.59 Å². The molecule has 0 spiro atoms. The van der Waals surface area contributed by atoms with Crippen molar-refractivity contribution in [3.63, 3.8) is 0 Å². The maximum Gasteiger partial charge on any atom is 0.328 e. The van der Waals surface area contributed by atoms with Crippen LogP contribution in [0.1, 0.15) is 20.8 Å². The van der Waals surface area contributed by atoms with E-state index < -0.39 is 12.0 Å². The molecule has 0 aliphatic rings. The molecule has 76 valence electrons. The molecule has 0 aromatic rings. The second kappa shape index (κ2) is 6.28. The summed E-state index contributed by atoms with van der Waals surface area (Å²) in [6.07, 6.45) is 0. The van der Waals surface area contributed by atoms with E-state index in [4.69, 9.17) is 4.74 Å². The van der Waals surface area contributed by atoms with Crippen molar-refractivity contribution in [2.24, 2.45) is 0 Å². The van der Waals surface area contributed by atoms with Crippen LogP contribution in [0, 0.1) is 0 Å². The number of rotatable bonds is 4. The van der Waals surface area contributed by atoms with Crippen LogP contribution in [-0.2, 0) is 9.53 Å². The average Bonchev–Trinajstić information content (AvgIpc) is 2.05. The Morgan fingerprint density at radius 3 is 2.46 bits per heavy atom. The molecule has 0 rings (SSSR count). The van der Waals surface area contributed by atoms with Crippen LogP contribution in [0.2, 0.25) is 0 Å². The highest BCUT2D eigenvalue weighted by Gasteiger charge is 2.15. The maximum absolute atomic E-state index is 11.0. The number of carbonyl (C=O) groups is 2. The van der Waals surface area contributed by atoms with E-state index in [-0.39, 0.29) is 6.03 Å². The molecule has 0 aliphatic heterocycles. The van der Waals surface area contributed by atoms with Crippen molar-refractivity contribution in [1.29, 1.82) is 0 Å². The third-order valence-electron chi connectivity index (χ3n) is 1.33. The van der Waals surface area contributed by atoms with Gasteiger partial charge in [-0.05, 0) is 20.8 Å². The summed E-state index contributed by atoms with van der Waals surface area (Å²) in [5.74, 6) is -0.422. The molecule has 0 aromatic heterocycles. The van der Waals surface area contributed by atoms with E-state index in [2.05, 4.69) is 10.6 Å². The van der Waals surface area contributed by atoms with Gasteiger partial charge >= 0.3 is 12.0 Å². The van der Waals surface area contributed by atoms with E-state index in [1.54, 1.807) is 20.8 Å². The summed E-state index contributed by atoms with van der Waals surface area (Å²) in [6, 6.07) is -0.963. The highest BCUT2D eigenvalue weighted by atomic mass is 16.5. The zero-order valence-corrected chi connectivity index (χ0v) is 8.22. The zero-order chi connectivity index (χ0) is 10.3. The van der Waals surface area contributed by atoms with Gasteiger partial charge in [-0.1, -0.05) is 0 Å². The van der Waals surface area contributed by atoms with Crippen LogP contribution in [0.4, 0.5) is 4.79 Å². The topological polar surface area (TPSA) is 67.4 Å². The Morgan fingerprint density at radius 1 is 1.38 bits per heavy atom. The van der Waals surface area contributed by atoms with Crippen molar-refractivity contribution in [3.8, 4) is 0 Å². The van der Waals surface area contributed by atoms with Crippen molar-refractivity contribution in [2.75, 3.05) is 13.2 Å². The monoisotopic (exact) mass is 188 g/mol. The van der Waals surface area contributed by atoms with Crippen LogP contribution < -0.4 is 10.6 Å². The summed E-state index contributed by atoms with van der Waals surface area (Å²) in [5, 5.41) is 4.96. The Morgan fingerprint density at radius 2 is 2.00 bits per heavy atom. The summed E-state index contributed by atoms with van der Waals surface area (Å²) in [4.78, 5) is 22.0. The number of amides is 2. The molecule has 0 radical (unpaired) electrons. The fourth-order valence-corrected chi connectivity index (χ4v) is 0.734.